The van der Waals surface area contributed by atoms with Gasteiger partial charge in [-0.05, 0) is 36.6 Å². The fourth-order valence-electron chi connectivity index (χ4n) is 3.14. The molecule has 0 radical (unpaired) electrons. The van der Waals surface area contributed by atoms with Crippen molar-refractivity contribution in [1.82, 2.24) is 9.55 Å². The van der Waals surface area contributed by atoms with Crippen LogP contribution in [0.25, 0.3) is 11.0 Å². The van der Waals surface area contributed by atoms with Crippen LogP contribution in [0.5, 0.6) is 0 Å². The maximum atomic E-state index is 12.7. The van der Waals surface area contributed by atoms with Gasteiger partial charge in [-0.2, -0.15) is 0 Å². The fraction of sp³-hybridized carbons (Fsp3) is 0.263. The van der Waals surface area contributed by atoms with E-state index in [1.54, 1.807) is 11.8 Å². The summed E-state index contributed by atoms with van der Waals surface area (Å²) in [5.41, 5.74) is 3.24. The minimum absolute atomic E-state index is 0.0314. The molecule has 4 nitrogen and oxygen atoms in total. The Bertz CT molecular complexity index is 878. The number of nitrogens with one attached hydrogen (secondary N) is 1. The maximum Gasteiger partial charge on any atom is 0.240 e. The summed E-state index contributed by atoms with van der Waals surface area (Å²) >= 11 is 1.64. The number of amides is 1. The van der Waals surface area contributed by atoms with E-state index in [2.05, 4.69) is 33.9 Å². The molecule has 0 saturated carbocycles. The number of carbonyl (C=O) groups is 1. The van der Waals surface area contributed by atoms with Crippen molar-refractivity contribution in [1.29, 1.82) is 0 Å². The van der Waals surface area contributed by atoms with E-state index in [1.807, 2.05) is 36.4 Å². The van der Waals surface area contributed by atoms with E-state index >= 15 is 0 Å². The van der Waals surface area contributed by atoms with Crippen LogP contribution in [0, 0.1) is 0 Å². The van der Waals surface area contributed by atoms with Gasteiger partial charge < -0.3 is 4.57 Å². The van der Waals surface area contributed by atoms with Crippen molar-refractivity contribution < 1.29 is 4.79 Å². The first-order chi connectivity index (χ1) is 11.8. The van der Waals surface area contributed by atoms with Crippen molar-refractivity contribution in [3.63, 3.8) is 0 Å². The molecule has 0 spiro atoms. The zero-order valence-electron chi connectivity index (χ0n) is 13.5. The highest BCUT2D eigenvalue weighted by Crippen LogP contribution is 2.37. The Morgan fingerprint density at radius 3 is 2.88 bits per heavy atom. The number of thioether (sulfide) groups is 1. The SMILES string of the molecule is CCCn1c(NC(=O)[C@@H]2Cc3ccccc3S2)nc2ccccc21. The molecule has 3 aromatic rings. The van der Waals surface area contributed by atoms with Gasteiger partial charge >= 0.3 is 0 Å². The Balaban J connectivity index is 1.58. The average molecular weight is 337 g/mol. The smallest absolute Gasteiger partial charge is 0.240 e. The van der Waals surface area contributed by atoms with E-state index in [1.165, 1.54) is 10.5 Å². The van der Waals surface area contributed by atoms with Gasteiger partial charge in [0.05, 0.1) is 16.3 Å². The number of para-hydroxylation sites is 2. The molecule has 4 rings (SSSR count). The second-order valence-electron chi connectivity index (χ2n) is 5.98. The minimum Gasteiger partial charge on any atom is -0.310 e. The van der Waals surface area contributed by atoms with Gasteiger partial charge in [-0.3, -0.25) is 10.1 Å². The number of benzene rings is 2. The normalized spacial score (nSPS) is 16.3. The molecule has 1 aromatic heterocycles. The average Bonchev–Trinajstić information content (AvgIpc) is 3.17. The molecule has 1 atom stereocenters. The molecular weight excluding hydrogens is 318 g/mol. The van der Waals surface area contributed by atoms with Crippen molar-refractivity contribution in [2.24, 2.45) is 0 Å². The number of hydrogen-bond donors (Lipinski definition) is 1. The number of rotatable bonds is 4. The Morgan fingerprint density at radius 2 is 2.04 bits per heavy atom. The lowest BCUT2D eigenvalue weighted by Gasteiger charge is -2.11. The third-order valence-electron chi connectivity index (χ3n) is 4.28. The number of fused-ring (bicyclic) bond motifs is 2. The second kappa shape index (κ2) is 6.32. The number of nitrogens with zero attached hydrogens (tertiary/aromatic N) is 2. The molecule has 1 aliphatic heterocycles. The van der Waals surface area contributed by atoms with Crippen LogP contribution in [0.3, 0.4) is 0 Å². The van der Waals surface area contributed by atoms with Gasteiger partial charge in [0.25, 0.3) is 0 Å². The predicted octanol–water partition coefficient (Wildman–Crippen LogP) is 4.10. The number of aromatic nitrogens is 2. The molecule has 24 heavy (non-hydrogen) atoms. The second-order valence-corrected chi connectivity index (χ2v) is 7.23. The first-order valence-corrected chi connectivity index (χ1v) is 9.15. The highest BCUT2D eigenvalue weighted by atomic mass is 32.2. The lowest BCUT2D eigenvalue weighted by molar-refractivity contribution is -0.115. The molecule has 1 N–H and O–H groups in total. The topological polar surface area (TPSA) is 46.9 Å². The van der Waals surface area contributed by atoms with E-state index in [4.69, 9.17) is 0 Å². The fourth-order valence-corrected chi connectivity index (χ4v) is 4.34. The molecule has 1 aliphatic rings. The molecular formula is C19H19N3OS. The Labute approximate surface area is 145 Å². The summed E-state index contributed by atoms with van der Waals surface area (Å²) in [6, 6.07) is 16.2. The number of aryl methyl sites for hydroxylation is 1. The van der Waals surface area contributed by atoms with E-state index in [-0.39, 0.29) is 11.2 Å². The Hall–Kier alpha value is -2.27. The van der Waals surface area contributed by atoms with Crippen molar-refractivity contribution >= 4 is 34.7 Å². The van der Waals surface area contributed by atoms with E-state index in [9.17, 15) is 4.79 Å². The van der Waals surface area contributed by atoms with Gasteiger partial charge in [0.2, 0.25) is 11.9 Å². The van der Waals surface area contributed by atoms with Crippen LogP contribution in [-0.4, -0.2) is 20.7 Å². The maximum absolute atomic E-state index is 12.7. The van der Waals surface area contributed by atoms with Gasteiger partial charge in [-0.25, -0.2) is 4.98 Å². The van der Waals surface area contributed by atoms with Crippen molar-refractivity contribution in [2.45, 2.75) is 36.5 Å². The van der Waals surface area contributed by atoms with Crippen LogP contribution in [0.4, 0.5) is 5.95 Å². The Morgan fingerprint density at radius 1 is 1.25 bits per heavy atom. The summed E-state index contributed by atoms with van der Waals surface area (Å²) in [5, 5.41) is 2.97. The number of hydrogen-bond acceptors (Lipinski definition) is 3. The summed E-state index contributed by atoms with van der Waals surface area (Å²) in [5.74, 6) is 0.684. The van der Waals surface area contributed by atoms with Crippen LogP contribution in [0.2, 0.25) is 0 Å². The Kier molecular flexibility index (Phi) is 4.02. The summed E-state index contributed by atoms with van der Waals surface area (Å²) in [6.07, 6.45) is 1.77. The van der Waals surface area contributed by atoms with Gasteiger partial charge in [-0.1, -0.05) is 37.3 Å². The van der Waals surface area contributed by atoms with Crippen LogP contribution in [0.1, 0.15) is 18.9 Å². The standard InChI is InChI=1S/C19H19N3OS/c1-2-11-22-15-9-5-4-8-14(15)20-19(22)21-18(23)17-12-13-7-3-6-10-16(13)24-17/h3-10,17H,2,11-12H2,1H3,(H,20,21,23)/t17-/m0/s1. The number of anilines is 1. The molecule has 0 saturated heterocycles. The van der Waals surface area contributed by atoms with Gasteiger partial charge in [0, 0.05) is 11.4 Å². The molecule has 122 valence electrons. The highest BCUT2D eigenvalue weighted by Gasteiger charge is 2.29. The summed E-state index contributed by atoms with van der Waals surface area (Å²) in [6.45, 7) is 2.97. The van der Waals surface area contributed by atoms with Crippen LogP contribution >= 0.6 is 11.8 Å². The first kappa shape index (κ1) is 15.3. The zero-order valence-corrected chi connectivity index (χ0v) is 14.3. The minimum atomic E-state index is -0.0858. The summed E-state index contributed by atoms with van der Waals surface area (Å²) < 4.78 is 2.10. The largest absolute Gasteiger partial charge is 0.310 e. The third kappa shape index (κ3) is 2.69. The molecule has 0 unspecified atom stereocenters. The van der Waals surface area contributed by atoms with E-state index in [0.717, 1.165) is 30.4 Å². The van der Waals surface area contributed by atoms with Gasteiger partial charge in [0.15, 0.2) is 0 Å². The zero-order chi connectivity index (χ0) is 16.5. The molecule has 0 aliphatic carbocycles. The molecule has 0 bridgehead atoms. The van der Waals surface area contributed by atoms with Crippen LogP contribution < -0.4 is 5.32 Å². The van der Waals surface area contributed by atoms with Gasteiger partial charge in [0.1, 0.15) is 0 Å². The third-order valence-corrected chi connectivity index (χ3v) is 5.59. The monoisotopic (exact) mass is 337 g/mol. The first-order valence-electron chi connectivity index (χ1n) is 8.27. The van der Waals surface area contributed by atoms with Gasteiger partial charge in [-0.15, -0.1) is 11.8 Å². The summed E-state index contributed by atoms with van der Waals surface area (Å²) in [7, 11) is 0. The molecule has 2 aromatic carbocycles. The lowest BCUT2D eigenvalue weighted by atomic mass is 10.1. The molecule has 1 amide bonds. The van der Waals surface area contributed by atoms with E-state index < -0.39 is 0 Å². The molecule has 2 heterocycles. The molecule has 0 fully saturated rings. The number of carbonyl (C=O) groups excluding carboxylic acids is 1. The van der Waals surface area contributed by atoms with Crippen molar-refractivity contribution in [3.05, 3.63) is 54.1 Å². The number of imidazole rings is 1. The molecule has 5 heteroatoms. The predicted molar refractivity (Wildman–Crippen MR) is 98.4 cm³/mol. The highest BCUT2D eigenvalue weighted by molar-refractivity contribution is 8.01. The van der Waals surface area contributed by atoms with Crippen LogP contribution in [-0.2, 0) is 17.8 Å². The van der Waals surface area contributed by atoms with Crippen LogP contribution in [0.15, 0.2) is 53.4 Å². The lowest BCUT2D eigenvalue weighted by Crippen LogP contribution is -2.26. The quantitative estimate of drug-likeness (QED) is 0.779. The van der Waals surface area contributed by atoms with Crippen molar-refractivity contribution in [2.75, 3.05) is 5.32 Å². The summed E-state index contributed by atoms with van der Waals surface area (Å²) in [4.78, 5) is 18.6. The van der Waals surface area contributed by atoms with E-state index in [0.29, 0.717) is 5.95 Å². The van der Waals surface area contributed by atoms with Crippen molar-refractivity contribution in [3.8, 4) is 0 Å².